The molecule has 0 amide bonds. The van der Waals surface area contributed by atoms with Crippen LogP contribution in [0.5, 0.6) is 0 Å². The zero-order chi connectivity index (χ0) is 14.3. The second-order valence-corrected chi connectivity index (χ2v) is 7.08. The molecule has 20 heavy (non-hydrogen) atoms. The Bertz CT molecular complexity index is 798. The third-order valence-electron chi connectivity index (χ3n) is 3.34. The van der Waals surface area contributed by atoms with Crippen molar-refractivity contribution in [3.05, 3.63) is 55.7 Å². The van der Waals surface area contributed by atoms with Gasteiger partial charge in [-0.2, -0.15) is 0 Å². The normalized spacial score (nSPS) is 11.2. The van der Waals surface area contributed by atoms with E-state index in [4.69, 9.17) is 11.6 Å². The first-order chi connectivity index (χ1) is 9.56. The number of benzene rings is 1. The Labute approximate surface area is 135 Å². The molecule has 1 aromatic carbocycles. The van der Waals surface area contributed by atoms with Gasteiger partial charge in [0.15, 0.2) is 0 Å². The Hall–Kier alpha value is -0.970. The third kappa shape index (κ3) is 2.48. The summed E-state index contributed by atoms with van der Waals surface area (Å²) in [6, 6.07) is 8.10. The van der Waals surface area contributed by atoms with E-state index >= 15 is 0 Å². The molecule has 3 rings (SSSR count). The highest BCUT2D eigenvalue weighted by atomic mass is 79.9. The first kappa shape index (κ1) is 14.0. The summed E-state index contributed by atoms with van der Waals surface area (Å²) >= 11 is 11.6. The van der Waals surface area contributed by atoms with Gasteiger partial charge in [0.2, 0.25) is 0 Å². The summed E-state index contributed by atoms with van der Waals surface area (Å²) in [5, 5.41) is 1.55. The fraction of sp³-hybridized carbons (Fsp3) is 0.200. The molecule has 0 spiro atoms. The fourth-order valence-corrected chi connectivity index (χ4v) is 3.99. The minimum absolute atomic E-state index is 0.555. The summed E-state index contributed by atoms with van der Waals surface area (Å²) in [5.74, 6) is 0.760. The maximum absolute atomic E-state index is 6.33. The van der Waals surface area contributed by atoms with Crippen LogP contribution in [0.25, 0.3) is 10.2 Å². The van der Waals surface area contributed by atoms with Crippen LogP contribution in [0.15, 0.2) is 28.7 Å². The van der Waals surface area contributed by atoms with Crippen LogP contribution in [0, 0.1) is 13.8 Å². The second-order valence-electron chi connectivity index (χ2n) is 4.66. The highest BCUT2D eigenvalue weighted by Crippen LogP contribution is 2.33. The van der Waals surface area contributed by atoms with Gasteiger partial charge in [-0.1, -0.05) is 45.7 Å². The predicted molar refractivity (Wildman–Crippen MR) is 88.8 cm³/mol. The number of hydrogen-bond acceptors (Lipinski definition) is 3. The zero-order valence-electron chi connectivity index (χ0n) is 11.1. The lowest BCUT2D eigenvalue weighted by atomic mass is 10.1. The average Bonchev–Trinajstić information content (AvgIpc) is 2.68. The Kier molecular flexibility index (Phi) is 3.80. The van der Waals surface area contributed by atoms with Gasteiger partial charge in [-0.05, 0) is 31.0 Å². The molecule has 2 aromatic heterocycles. The molecule has 0 unspecified atom stereocenters. The van der Waals surface area contributed by atoms with E-state index in [9.17, 15) is 0 Å². The fourth-order valence-electron chi connectivity index (χ4n) is 2.13. The van der Waals surface area contributed by atoms with Crippen molar-refractivity contribution < 1.29 is 0 Å². The quantitative estimate of drug-likeness (QED) is 0.573. The lowest BCUT2D eigenvalue weighted by molar-refractivity contribution is 0.992. The Morgan fingerprint density at radius 1 is 1.20 bits per heavy atom. The molecule has 0 saturated carbocycles. The lowest BCUT2D eigenvalue weighted by Crippen LogP contribution is -1.97. The van der Waals surface area contributed by atoms with Gasteiger partial charge in [0, 0.05) is 15.8 Å². The van der Waals surface area contributed by atoms with Crippen LogP contribution in [-0.4, -0.2) is 9.97 Å². The second kappa shape index (κ2) is 5.43. The van der Waals surface area contributed by atoms with E-state index in [2.05, 4.69) is 45.8 Å². The van der Waals surface area contributed by atoms with Crippen molar-refractivity contribution >= 4 is 49.1 Å². The van der Waals surface area contributed by atoms with Gasteiger partial charge in [-0.3, -0.25) is 0 Å². The number of aryl methyl sites for hydroxylation is 2. The van der Waals surface area contributed by atoms with Gasteiger partial charge < -0.3 is 0 Å². The maximum Gasteiger partial charge on any atom is 0.141 e. The van der Waals surface area contributed by atoms with Crippen molar-refractivity contribution in [2.75, 3.05) is 0 Å². The first-order valence-corrected chi connectivity index (χ1v) is 8.20. The number of rotatable bonds is 2. The van der Waals surface area contributed by atoms with E-state index < -0.39 is 0 Å². The zero-order valence-corrected chi connectivity index (χ0v) is 14.2. The van der Waals surface area contributed by atoms with Crippen LogP contribution in [0.1, 0.15) is 21.8 Å². The van der Waals surface area contributed by atoms with E-state index in [1.165, 1.54) is 10.4 Å². The van der Waals surface area contributed by atoms with Crippen molar-refractivity contribution in [2.45, 2.75) is 20.3 Å². The van der Waals surface area contributed by atoms with Gasteiger partial charge in [-0.25, -0.2) is 9.97 Å². The van der Waals surface area contributed by atoms with Crippen LogP contribution >= 0.6 is 38.9 Å². The predicted octanol–water partition coefficient (Wildman–Crippen LogP) is 5.31. The van der Waals surface area contributed by atoms with Crippen LogP contribution in [0.3, 0.4) is 0 Å². The summed E-state index contributed by atoms with van der Waals surface area (Å²) in [7, 11) is 0. The Balaban J connectivity index is 2.07. The molecule has 0 aliphatic carbocycles. The molecule has 0 bridgehead atoms. The van der Waals surface area contributed by atoms with E-state index in [0.29, 0.717) is 11.6 Å². The smallest absolute Gasteiger partial charge is 0.141 e. The topological polar surface area (TPSA) is 25.8 Å². The van der Waals surface area contributed by atoms with Crippen LogP contribution in [-0.2, 0) is 6.42 Å². The standard InChI is InChI=1S/C15H12BrClN2S/c1-8-9(2)20-15-13(8)14(17)18-12(19-15)7-10-5-3-4-6-11(10)16/h3-6H,7H2,1-2H3. The molecule has 0 radical (unpaired) electrons. The van der Waals surface area contributed by atoms with Crippen molar-refractivity contribution in [2.24, 2.45) is 0 Å². The van der Waals surface area contributed by atoms with Crippen molar-refractivity contribution in [1.29, 1.82) is 0 Å². The summed E-state index contributed by atoms with van der Waals surface area (Å²) in [6.07, 6.45) is 0.674. The third-order valence-corrected chi connectivity index (χ3v) is 5.49. The molecule has 0 fully saturated rings. The molecule has 5 heteroatoms. The number of hydrogen-bond donors (Lipinski definition) is 0. The maximum atomic E-state index is 6.33. The average molecular weight is 368 g/mol. The lowest BCUT2D eigenvalue weighted by Gasteiger charge is -2.04. The molecule has 2 heterocycles. The number of nitrogens with zero attached hydrogens (tertiary/aromatic N) is 2. The van der Waals surface area contributed by atoms with E-state index in [0.717, 1.165) is 26.1 Å². The van der Waals surface area contributed by atoms with Crippen LogP contribution in [0.4, 0.5) is 0 Å². The van der Waals surface area contributed by atoms with Crippen molar-refractivity contribution in [3.63, 3.8) is 0 Å². The molecule has 102 valence electrons. The first-order valence-electron chi connectivity index (χ1n) is 6.22. The van der Waals surface area contributed by atoms with E-state index in [1.54, 1.807) is 11.3 Å². The molecule has 0 atom stereocenters. The highest BCUT2D eigenvalue weighted by molar-refractivity contribution is 9.10. The van der Waals surface area contributed by atoms with Gasteiger partial charge in [-0.15, -0.1) is 11.3 Å². The molecular formula is C15H12BrClN2S. The van der Waals surface area contributed by atoms with Gasteiger partial charge >= 0.3 is 0 Å². The minimum atomic E-state index is 0.555. The van der Waals surface area contributed by atoms with E-state index in [1.807, 2.05) is 18.2 Å². The SMILES string of the molecule is Cc1sc2nc(Cc3ccccc3Br)nc(Cl)c2c1C. The Morgan fingerprint density at radius 3 is 2.70 bits per heavy atom. The number of thiophene rings is 1. The van der Waals surface area contributed by atoms with Gasteiger partial charge in [0.25, 0.3) is 0 Å². The monoisotopic (exact) mass is 366 g/mol. The molecule has 3 aromatic rings. The van der Waals surface area contributed by atoms with Gasteiger partial charge in [0.1, 0.15) is 15.8 Å². The molecule has 0 N–H and O–H groups in total. The Morgan fingerprint density at radius 2 is 1.95 bits per heavy atom. The number of fused-ring (bicyclic) bond motifs is 1. The van der Waals surface area contributed by atoms with Crippen molar-refractivity contribution in [1.82, 2.24) is 9.97 Å². The summed E-state index contributed by atoms with van der Waals surface area (Å²) in [6.45, 7) is 4.16. The molecule has 0 aliphatic heterocycles. The van der Waals surface area contributed by atoms with Crippen LogP contribution in [0.2, 0.25) is 5.15 Å². The molecule has 0 aliphatic rings. The van der Waals surface area contributed by atoms with Crippen LogP contribution < -0.4 is 0 Å². The van der Waals surface area contributed by atoms with Gasteiger partial charge in [0.05, 0.1) is 5.39 Å². The van der Waals surface area contributed by atoms with Crippen molar-refractivity contribution in [3.8, 4) is 0 Å². The minimum Gasteiger partial charge on any atom is -0.222 e. The summed E-state index contributed by atoms with van der Waals surface area (Å²) in [4.78, 5) is 11.3. The van der Waals surface area contributed by atoms with E-state index in [-0.39, 0.29) is 0 Å². The molecule has 0 saturated heterocycles. The highest BCUT2D eigenvalue weighted by Gasteiger charge is 2.13. The molecular weight excluding hydrogens is 356 g/mol. The number of aromatic nitrogens is 2. The summed E-state index contributed by atoms with van der Waals surface area (Å²) < 4.78 is 1.07. The largest absolute Gasteiger partial charge is 0.222 e. The summed E-state index contributed by atoms with van der Waals surface area (Å²) in [5.41, 5.74) is 2.34. The molecule has 2 nitrogen and oxygen atoms in total. The number of halogens is 2.